The first-order chi connectivity index (χ1) is 10.1. The Labute approximate surface area is 132 Å². The van der Waals surface area contributed by atoms with E-state index in [1.54, 1.807) is 18.2 Å². The average molecular weight is 350 g/mol. The van der Waals surface area contributed by atoms with Crippen LogP contribution < -0.4 is 14.8 Å². The van der Waals surface area contributed by atoms with Gasteiger partial charge >= 0.3 is 0 Å². The Balaban J connectivity index is 2.36. The van der Waals surface area contributed by atoms with E-state index in [0.717, 1.165) is 10.0 Å². The highest BCUT2D eigenvalue weighted by Crippen LogP contribution is 2.30. The van der Waals surface area contributed by atoms with Gasteiger partial charge in [-0.25, -0.2) is 0 Å². The number of nitrogens with one attached hydrogen (secondary N) is 1. The predicted molar refractivity (Wildman–Crippen MR) is 86.4 cm³/mol. The molecule has 4 nitrogen and oxygen atoms in total. The van der Waals surface area contributed by atoms with Crippen LogP contribution >= 0.6 is 15.9 Å². The lowest BCUT2D eigenvalue weighted by Crippen LogP contribution is -2.15. The number of hydrogen-bond donors (Lipinski definition) is 1. The lowest BCUT2D eigenvalue weighted by molar-refractivity contribution is 0.102. The van der Waals surface area contributed by atoms with Crippen LogP contribution in [0.15, 0.2) is 40.9 Å². The Morgan fingerprint density at radius 2 is 1.71 bits per heavy atom. The van der Waals surface area contributed by atoms with Crippen LogP contribution in [0.5, 0.6) is 11.5 Å². The largest absolute Gasteiger partial charge is 0.496 e. The monoisotopic (exact) mass is 349 g/mol. The van der Waals surface area contributed by atoms with E-state index < -0.39 is 0 Å². The van der Waals surface area contributed by atoms with Gasteiger partial charge in [-0.05, 0) is 52.7 Å². The molecule has 21 heavy (non-hydrogen) atoms. The molecule has 0 atom stereocenters. The van der Waals surface area contributed by atoms with Crippen molar-refractivity contribution in [2.45, 2.75) is 6.92 Å². The van der Waals surface area contributed by atoms with Gasteiger partial charge < -0.3 is 14.8 Å². The highest BCUT2D eigenvalue weighted by atomic mass is 79.9. The Morgan fingerprint density at radius 3 is 2.24 bits per heavy atom. The van der Waals surface area contributed by atoms with Crippen LogP contribution in [0.2, 0.25) is 0 Å². The van der Waals surface area contributed by atoms with Crippen molar-refractivity contribution in [2.75, 3.05) is 19.5 Å². The average Bonchev–Trinajstić information content (AvgIpc) is 2.49. The molecule has 0 radical (unpaired) electrons. The fourth-order valence-electron chi connectivity index (χ4n) is 1.98. The van der Waals surface area contributed by atoms with Crippen molar-refractivity contribution in [3.05, 3.63) is 52.0 Å². The van der Waals surface area contributed by atoms with Gasteiger partial charge in [-0.1, -0.05) is 12.1 Å². The number of methoxy groups -OCH3 is 2. The van der Waals surface area contributed by atoms with Crippen molar-refractivity contribution >= 4 is 27.5 Å². The predicted octanol–water partition coefficient (Wildman–Crippen LogP) is 4.03. The molecule has 0 spiro atoms. The smallest absolute Gasteiger partial charge is 0.263 e. The molecule has 1 amide bonds. The molecule has 0 saturated carbocycles. The molecule has 0 aliphatic rings. The van der Waals surface area contributed by atoms with E-state index in [2.05, 4.69) is 21.2 Å². The van der Waals surface area contributed by atoms with Gasteiger partial charge in [0.15, 0.2) is 0 Å². The number of halogens is 1. The summed E-state index contributed by atoms with van der Waals surface area (Å²) in [5, 5.41) is 2.86. The van der Waals surface area contributed by atoms with Gasteiger partial charge in [-0.15, -0.1) is 0 Å². The molecule has 2 rings (SSSR count). The van der Waals surface area contributed by atoms with Crippen LogP contribution in [0.4, 0.5) is 5.69 Å². The summed E-state index contributed by atoms with van der Waals surface area (Å²) in [6.07, 6.45) is 0. The number of aryl methyl sites for hydroxylation is 1. The number of hydrogen-bond acceptors (Lipinski definition) is 3. The summed E-state index contributed by atoms with van der Waals surface area (Å²) in [6.45, 7) is 1.99. The van der Waals surface area contributed by atoms with Crippen LogP contribution in [-0.4, -0.2) is 20.1 Å². The molecule has 0 bridgehead atoms. The Bertz CT molecular complexity index is 648. The number of benzene rings is 2. The van der Waals surface area contributed by atoms with E-state index in [4.69, 9.17) is 9.47 Å². The Kier molecular flexibility index (Phi) is 4.85. The summed E-state index contributed by atoms with van der Waals surface area (Å²) in [6, 6.07) is 10.9. The molecular weight excluding hydrogens is 334 g/mol. The van der Waals surface area contributed by atoms with E-state index in [0.29, 0.717) is 22.7 Å². The maximum Gasteiger partial charge on any atom is 0.263 e. The summed E-state index contributed by atoms with van der Waals surface area (Å²) < 4.78 is 11.3. The number of anilines is 1. The van der Waals surface area contributed by atoms with E-state index in [1.165, 1.54) is 14.2 Å². The summed E-state index contributed by atoms with van der Waals surface area (Å²) in [4.78, 5) is 12.5. The quantitative estimate of drug-likeness (QED) is 0.906. The topological polar surface area (TPSA) is 47.6 Å². The summed E-state index contributed by atoms with van der Waals surface area (Å²) >= 11 is 3.44. The number of carbonyl (C=O) groups excluding carboxylic acids is 1. The second kappa shape index (κ2) is 6.63. The minimum absolute atomic E-state index is 0.283. The van der Waals surface area contributed by atoms with E-state index in [9.17, 15) is 4.79 Å². The van der Waals surface area contributed by atoms with Crippen molar-refractivity contribution in [3.8, 4) is 11.5 Å². The lowest BCUT2D eigenvalue weighted by atomic mass is 10.1. The lowest BCUT2D eigenvalue weighted by Gasteiger charge is -2.14. The van der Waals surface area contributed by atoms with Crippen LogP contribution in [0.3, 0.4) is 0 Å². The fourth-order valence-corrected chi connectivity index (χ4v) is 2.57. The third-order valence-corrected chi connectivity index (χ3v) is 3.68. The van der Waals surface area contributed by atoms with E-state index in [-0.39, 0.29) is 5.91 Å². The van der Waals surface area contributed by atoms with Gasteiger partial charge in [0.05, 0.1) is 19.9 Å². The van der Waals surface area contributed by atoms with Gasteiger partial charge in [0.1, 0.15) is 17.1 Å². The number of ether oxygens (including phenoxy) is 2. The number of rotatable bonds is 4. The first kappa shape index (κ1) is 15.4. The zero-order valence-corrected chi connectivity index (χ0v) is 13.7. The zero-order chi connectivity index (χ0) is 15.4. The molecule has 0 fully saturated rings. The normalized spacial score (nSPS) is 10.1. The molecule has 2 aromatic rings. The standard InChI is InChI=1S/C16H16BrNO3/c1-10-7-8-12(11(17)9-10)18-16(19)15-13(20-2)5-4-6-14(15)21-3/h4-9H,1-3H3,(H,18,19). The maximum absolute atomic E-state index is 12.5. The summed E-state index contributed by atoms with van der Waals surface area (Å²) in [7, 11) is 3.04. The molecule has 110 valence electrons. The molecule has 0 unspecified atom stereocenters. The molecule has 2 aromatic carbocycles. The molecule has 0 aromatic heterocycles. The Morgan fingerprint density at radius 1 is 1.10 bits per heavy atom. The summed E-state index contributed by atoms with van der Waals surface area (Å²) in [5.74, 6) is 0.652. The zero-order valence-electron chi connectivity index (χ0n) is 12.1. The van der Waals surface area contributed by atoms with E-state index >= 15 is 0 Å². The van der Waals surface area contributed by atoms with Crippen LogP contribution in [0.1, 0.15) is 15.9 Å². The van der Waals surface area contributed by atoms with Crippen molar-refractivity contribution in [3.63, 3.8) is 0 Å². The van der Waals surface area contributed by atoms with Gasteiger partial charge in [0, 0.05) is 4.47 Å². The van der Waals surface area contributed by atoms with E-state index in [1.807, 2.05) is 25.1 Å². The first-order valence-electron chi connectivity index (χ1n) is 6.35. The molecule has 0 saturated heterocycles. The second-order valence-corrected chi connectivity index (χ2v) is 5.33. The third-order valence-electron chi connectivity index (χ3n) is 3.03. The van der Waals surface area contributed by atoms with Gasteiger partial charge in [-0.3, -0.25) is 4.79 Å². The van der Waals surface area contributed by atoms with Crippen LogP contribution in [-0.2, 0) is 0 Å². The van der Waals surface area contributed by atoms with Crippen molar-refractivity contribution in [1.29, 1.82) is 0 Å². The fraction of sp³-hybridized carbons (Fsp3) is 0.188. The van der Waals surface area contributed by atoms with Gasteiger partial charge in [0.25, 0.3) is 5.91 Å². The van der Waals surface area contributed by atoms with Crippen LogP contribution in [0.25, 0.3) is 0 Å². The Hall–Kier alpha value is -2.01. The van der Waals surface area contributed by atoms with Crippen LogP contribution in [0, 0.1) is 6.92 Å². The number of carbonyl (C=O) groups is 1. The highest BCUT2D eigenvalue weighted by Gasteiger charge is 2.18. The van der Waals surface area contributed by atoms with Gasteiger partial charge in [-0.2, -0.15) is 0 Å². The second-order valence-electron chi connectivity index (χ2n) is 4.47. The third kappa shape index (κ3) is 3.36. The molecule has 1 N–H and O–H groups in total. The van der Waals surface area contributed by atoms with Crippen molar-refractivity contribution in [1.82, 2.24) is 0 Å². The SMILES string of the molecule is COc1cccc(OC)c1C(=O)Nc1ccc(C)cc1Br. The number of amides is 1. The molecular formula is C16H16BrNO3. The highest BCUT2D eigenvalue weighted by molar-refractivity contribution is 9.10. The van der Waals surface area contributed by atoms with Crippen molar-refractivity contribution < 1.29 is 14.3 Å². The maximum atomic E-state index is 12.5. The minimum Gasteiger partial charge on any atom is -0.496 e. The molecule has 5 heteroatoms. The van der Waals surface area contributed by atoms with Crippen molar-refractivity contribution in [2.24, 2.45) is 0 Å². The first-order valence-corrected chi connectivity index (χ1v) is 7.14. The minimum atomic E-state index is -0.283. The molecule has 0 aliphatic carbocycles. The molecule has 0 aliphatic heterocycles. The molecule has 0 heterocycles. The van der Waals surface area contributed by atoms with Gasteiger partial charge in [0.2, 0.25) is 0 Å². The summed E-state index contributed by atoms with van der Waals surface area (Å²) in [5.41, 5.74) is 2.17.